The van der Waals surface area contributed by atoms with Crippen molar-refractivity contribution in [3.63, 3.8) is 0 Å². The van der Waals surface area contributed by atoms with Crippen LogP contribution in [0.4, 0.5) is 11.4 Å². The van der Waals surface area contributed by atoms with Gasteiger partial charge in [0.1, 0.15) is 29.2 Å². The summed E-state index contributed by atoms with van der Waals surface area (Å²) in [4.78, 5) is 38.5. The van der Waals surface area contributed by atoms with Crippen molar-refractivity contribution in [3.05, 3.63) is 65.2 Å². The summed E-state index contributed by atoms with van der Waals surface area (Å²) in [6.45, 7) is -0.525. The van der Waals surface area contributed by atoms with E-state index in [1.165, 1.54) is 40.6 Å². The molecule has 0 spiro atoms. The molecular formula is C29H31N3O9. The number of carbonyl (C=O) groups is 3. The molecule has 0 aromatic heterocycles. The molecule has 0 fully saturated rings. The van der Waals surface area contributed by atoms with E-state index in [9.17, 15) is 14.4 Å². The Morgan fingerprint density at radius 2 is 1.66 bits per heavy atom. The molecule has 12 heteroatoms. The minimum atomic E-state index is -1.11. The van der Waals surface area contributed by atoms with Gasteiger partial charge in [-0.3, -0.25) is 14.4 Å². The molecule has 41 heavy (non-hydrogen) atoms. The van der Waals surface area contributed by atoms with Crippen LogP contribution in [0.3, 0.4) is 0 Å². The molecular weight excluding hydrogens is 534 g/mol. The molecule has 2 amide bonds. The molecule has 3 aromatic rings. The monoisotopic (exact) mass is 565 g/mol. The molecule has 3 aromatic carbocycles. The lowest BCUT2D eigenvalue weighted by Crippen LogP contribution is -2.38. The molecule has 1 aliphatic heterocycles. The van der Waals surface area contributed by atoms with Crippen molar-refractivity contribution in [2.75, 3.05) is 45.7 Å². The molecule has 1 heterocycles. The highest BCUT2D eigenvalue weighted by Crippen LogP contribution is 2.49. The summed E-state index contributed by atoms with van der Waals surface area (Å²) in [5.41, 5.74) is 7.37. The summed E-state index contributed by atoms with van der Waals surface area (Å²) in [6, 6.07) is 11.9. The van der Waals surface area contributed by atoms with Crippen molar-refractivity contribution in [3.8, 4) is 28.7 Å². The number of anilines is 2. The third-order valence-corrected chi connectivity index (χ3v) is 6.47. The van der Waals surface area contributed by atoms with Gasteiger partial charge in [0.15, 0.2) is 17.3 Å². The van der Waals surface area contributed by atoms with E-state index >= 15 is 0 Å². The van der Waals surface area contributed by atoms with Gasteiger partial charge in [-0.05, 0) is 35.9 Å². The van der Waals surface area contributed by atoms with Crippen molar-refractivity contribution in [2.45, 2.75) is 18.6 Å². The van der Waals surface area contributed by atoms with Gasteiger partial charge in [-0.1, -0.05) is 12.1 Å². The molecule has 5 N–H and O–H groups in total. The zero-order chi connectivity index (χ0) is 29.7. The normalized spacial score (nSPS) is 14.7. The van der Waals surface area contributed by atoms with Gasteiger partial charge in [-0.25, -0.2) is 0 Å². The highest BCUT2D eigenvalue weighted by molar-refractivity contribution is 6.07. The lowest BCUT2D eigenvalue weighted by molar-refractivity contribution is -0.118. The van der Waals surface area contributed by atoms with Gasteiger partial charge in [0, 0.05) is 17.4 Å². The van der Waals surface area contributed by atoms with Crippen molar-refractivity contribution >= 4 is 29.0 Å². The summed E-state index contributed by atoms with van der Waals surface area (Å²) in [5.74, 6) is 0.138. The number of ether oxygens (including phenoxy) is 5. The predicted octanol–water partition coefficient (Wildman–Crippen LogP) is 2.94. The molecule has 0 saturated carbocycles. The SMILES string of the molecule is COc1ccc(NC(=O)[C@@H](N)CO)cc1C(=O)Nc1cccc(C2CC(=O)c3c(cc(OC)c(OC)c3OC)O2)c1. The third kappa shape index (κ3) is 6.03. The Kier molecular flexibility index (Phi) is 8.95. The summed E-state index contributed by atoms with van der Waals surface area (Å²) >= 11 is 0. The second-order valence-electron chi connectivity index (χ2n) is 9.03. The fourth-order valence-corrected chi connectivity index (χ4v) is 4.44. The number of aliphatic hydroxyl groups excluding tert-OH is 1. The maximum Gasteiger partial charge on any atom is 0.259 e. The van der Waals surface area contributed by atoms with Crippen LogP contribution in [0.5, 0.6) is 28.7 Å². The van der Waals surface area contributed by atoms with Crippen LogP contribution in [0.15, 0.2) is 48.5 Å². The number of aliphatic hydroxyl groups is 1. The van der Waals surface area contributed by atoms with E-state index in [1.54, 1.807) is 36.4 Å². The number of benzene rings is 3. The maximum absolute atomic E-state index is 13.2. The minimum Gasteiger partial charge on any atom is -0.496 e. The topological polar surface area (TPSA) is 168 Å². The van der Waals surface area contributed by atoms with Crippen molar-refractivity contribution in [1.29, 1.82) is 0 Å². The fourth-order valence-electron chi connectivity index (χ4n) is 4.44. The van der Waals surface area contributed by atoms with E-state index in [1.807, 2.05) is 0 Å². The van der Waals surface area contributed by atoms with Crippen LogP contribution in [-0.2, 0) is 4.79 Å². The molecule has 1 aliphatic rings. The van der Waals surface area contributed by atoms with E-state index in [0.717, 1.165) is 0 Å². The Labute approximate surface area is 236 Å². The summed E-state index contributed by atoms with van der Waals surface area (Å²) in [7, 11) is 5.78. The lowest BCUT2D eigenvalue weighted by Gasteiger charge is -2.28. The molecule has 4 rings (SSSR count). The number of ketones is 1. The van der Waals surface area contributed by atoms with Crippen LogP contribution in [0, 0.1) is 0 Å². The van der Waals surface area contributed by atoms with E-state index < -0.39 is 30.6 Å². The summed E-state index contributed by atoms with van der Waals surface area (Å²) in [5, 5.41) is 14.5. The smallest absolute Gasteiger partial charge is 0.259 e. The first kappa shape index (κ1) is 29.2. The van der Waals surface area contributed by atoms with Gasteiger partial charge in [0.2, 0.25) is 11.7 Å². The molecule has 0 aliphatic carbocycles. The van der Waals surface area contributed by atoms with Crippen molar-refractivity contribution < 1.29 is 43.2 Å². The first-order chi connectivity index (χ1) is 19.7. The Morgan fingerprint density at radius 1 is 0.951 bits per heavy atom. The van der Waals surface area contributed by atoms with Gasteiger partial charge in [0.05, 0.1) is 47.0 Å². The second-order valence-corrected chi connectivity index (χ2v) is 9.03. The first-order valence-electron chi connectivity index (χ1n) is 12.5. The highest BCUT2D eigenvalue weighted by atomic mass is 16.5. The summed E-state index contributed by atoms with van der Waals surface area (Å²) < 4.78 is 27.8. The van der Waals surface area contributed by atoms with Gasteiger partial charge in [0.25, 0.3) is 5.91 Å². The van der Waals surface area contributed by atoms with E-state index in [4.69, 9.17) is 34.5 Å². The van der Waals surface area contributed by atoms with Gasteiger partial charge >= 0.3 is 0 Å². The van der Waals surface area contributed by atoms with Gasteiger partial charge < -0.3 is 45.2 Å². The molecule has 216 valence electrons. The second kappa shape index (κ2) is 12.6. The summed E-state index contributed by atoms with van der Waals surface area (Å²) in [6.07, 6.45) is -0.611. The fraction of sp³-hybridized carbons (Fsp3) is 0.276. The number of fused-ring (bicyclic) bond motifs is 1. The number of carbonyl (C=O) groups excluding carboxylic acids is 3. The quantitative estimate of drug-likeness (QED) is 0.287. The Bertz CT molecular complexity index is 1470. The first-order valence-corrected chi connectivity index (χ1v) is 12.5. The number of nitrogens with one attached hydrogen (secondary N) is 2. The molecule has 12 nitrogen and oxygen atoms in total. The van der Waals surface area contributed by atoms with Crippen LogP contribution >= 0.6 is 0 Å². The lowest BCUT2D eigenvalue weighted by atomic mass is 9.94. The molecule has 1 unspecified atom stereocenters. The Morgan fingerprint density at radius 3 is 2.32 bits per heavy atom. The van der Waals surface area contributed by atoms with Gasteiger partial charge in [-0.15, -0.1) is 0 Å². The standard InChI is InChI=1S/C29H31N3O9/c1-37-21-9-8-17(32-29(36)19(30)14-33)11-18(21)28(35)31-16-7-5-6-15(10-16)22-12-20(34)25-23(41-22)13-24(38-2)26(39-3)27(25)40-4/h5-11,13,19,22,33H,12,14,30H2,1-4H3,(H,31,35)(H,32,36)/t19-,22?/m0/s1. The number of hydrogen-bond acceptors (Lipinski definition) is 10. The van der Waals surface area contributed by atoms with Crippen LogP contribution in [0.25, 0.3) is 0 Å². The maximum atomic E-state index is 13.2. The number of hydrogen-bond donors (Lipinski definition) is 4. The molecule has 0 radical (unpaired) electrons. The number of methoxy groups -OCH3 is 4. The highest BCUT2D eigenvalue weighted by Gasteiger charge is 2.34. The van der Waals surface area contributed by atoms with Crippen LogP contribution < -0.4 is 40.1 Å². The minimum absolute atomic E-state index is 0.0295. The average molecular weight is 566 g/mol. The van der Waals surface area contributed by atoms with E-state index in [-0.39, 0.29) is 34.8 Å². The van der Waals surface area contributed by atoms with Crippen LogP contribution in [0.2, 0.25) is 0 Å². The number of nitrogens with two attached hydrogens (primary N) is 1. The Balaban J connectivity index is 1.58. The number of rotatable bonds is 10. The zero-order valence-corrected chi connectivity index (χ0v) is 23.0. The predicted molar refractivity (Wildman–Crippen MR) is 149 cm³/mol. The largest absolute Gasteiger partial charge is 0.496 e. The Hall–Kier alpha value is -4.81. The van der Waals surface area contributed by atoms with Crippen molar-refractivity contribution in [1.82, 2.24) is 0 Å². The number of amides is 2. The third-order valence-electron chi connectivity index (χ3n) is 6.47. The molecule has 0 bridgehead atoms. The van der Waals surface area contributed by atoms with E-state index in [2.05, 4.69) is 10.6 Å². The van der Waals surface area contributed by atoms with E-state index in [0.29, 0.717) is 34.2 Å². The average Bonchev–Trinajstić information content (AvgIpc) is 2.99. The van der Waals surface area contributed by atoms with Gasteiger partial charge in [-0.2, -0.15) is 0 Å². The molecule has 2 atom stereocenters. The number of Topliss-reactive ketones (excluding diaryl/α,β-unsaturated/α-hetero) is 1. The van der Waals surface area contributed by atoms with Crippen molar-refractivity contribution in [2.24, 2.45) is 5.73 Å². The van der Waals surface area contributed by atoms with Crippen LogP contribution in [-0.4, -0.2) is 63.8 Å². The zero-order valence-electron chi connectivity index (χ0n) is 23.0. The molecule has 0 saturated heterocycles. The van der Waals surface area contributed by atoms with Crippen LogP contribution in [0.1, 0.15) is 38.8 Å².